The zero-order valence-corrected chi connectivity index (χ0v) is 13.4. The third-order valence-electron chi connectivity index (χ3n) is 3.99. The maximum Gasteiger partial charge on any atom is 0.319 e. The number of carbonyl (C=O) groups excluding carboxylic acids is 2. The molecule has 0 fully saturated rings. The first kappa shape index (κ1) is 16.4. The van der Waals surface area contributed by atoms with E-state index in [9.17, 15) is 19.7 Å². The van der Waals surface area contributed by atoms with Gasteiger partial charge in [0.25, 0.3) is 5.69 Å². The molecule has 25 heavy (non-hydrogen) atoms. The van der Waals surface area contributed by atoms with Crippen molar-refractivity contribution in [2.24, 2.45) is 0 Å². The number of ketones is 1. The molecule has 0 radical (unpaired) electrons. The summed E-state index contributed by atoms with van der Waals surface area (Å²) in [6.45, 7) is 1.66. The summed E-state index contributed by atoms with van der Waals surface area (Å²) in [5, 5.41) is 16.1. The van der Waals surface area contributed by atoms with E-state index in [1.165, 1.54) is 12.1 Å². The Hall–Kier alpha value is -3.48. The molecule has 1 heterocycles. The number of urea groups is 1. The Labute approximate surface area is 143 Å². The van der Waals surface area contributed by atoms with Gasteiger partial charge < -0.3 is 10.6 Å². The third kappa shape index (κ3) is 3.25. The zero-order valence-electron chi connectivity index (χ0n) is 13.4. The first-order valence-electron chi connectivity index (χ1n) is 7.60. The van der Waals surface area contributed by atoms with E-state index in [1.54, 1.807) is 43.3 Å². The van der Waals surface area contributed by atoms with Crippen molar-refractivity contribution in [3.63, 3.8) is 0 Å². The fraction of sp³-hybridized carbons (Fsp3) is 0.111. The summed E-state index contributed by atoms with van der Waals surface area (Å²) in [5.74, 6) is -0.214. The fourth-order valence-electron chi connectivity index (χ4n) is 2.78. The summed E-state index contributed by atoms with van der Waals surface area (Å²) in [6.07, 6.45) is 0. The maximum absolute atomic E-state index is 12.9. The molecule has 7 heteroatoms. The maximum atomic E-state index is 12.9. The van der Waals surface area contributed by atoms with Gasteiger partial charge in [0.05, 0.1) is 11.0 Å². The van der Waals surface area contributed by atoms with Crippen LogP contribution in [-0.4, -0.2) is 16.7 Å². The highest BCUT2D eigenvalue weighted by Crippen LogP contribution is 2.30. The van der Waals surface area contributed by atoms with E-state index in [0.717, 1.165) is 0 Å². The number of nitrogens with zero attached hydrogens (tertiary/aromatic N) is 1. The van der Waals surface area contributed by atoms with E-state index in [2.05, 4.69) is 10.6 Å². The summed E-state index contributed by atoms with van der Waals surface area (Å²) < 4.78 is 0. The number of rotatable bonds is 4. The number of nitro benzene ring substituents is 1. The normalized spacial score (nSPS) is 16.8. The van der Waals surface area contributed by atoms with E-state index in [4.69, 9.17) is 0 Å². The lowest BCUT2D eigenvalue weighted by molar-refractivity contribution is -0.384. The van der Waals surface area contributed by atoms with Crippen molar-refractivity contribution < 1.29 is 14.5 Å². The number of carbonyl (C=O) groups is 2. The zero-order chi connectivity index (χ0) is 18.0. The van der Waals surface area contributed by atoms with Crippen LogP contribution in [0.15, 0.2) is 65.9 Å². The summed E-state index contributed by atoms with van der Waals surface area (Å²) in [4.78, 5) is 35.1. The molecule has 1 atom stereocenters. The van der Waals surface area contributed by atoms with Crippen LogP contribution in [0.5, 0.6) is 0 Å². The van der Waals surface area contributed by atoms with Gasteiger partial charge in [0.2, 0.25) is 0 Å². The van der Waals surface area contributed by atoms with Gasteiger partial charge in [-0.3, -0.25) is 14.9 Å². The van der Waals surface area contributed by atoms with Crippen LogP contribution in [-0.2, 0) is 0 Å². The van der Waals surface area contributed by atoms with Crippen molar-refractivity contribution in [1.82, 2.24) is 10.6 Å². The smallest absolute Gasteiger partial charge is 0.319 e. The van der Waals surface area contributed by atoms with Crippen LogP contribution in [0, 0.1) is 10.1 Å². The number of amides is 2. The second kappa shape index (κ2) is 6.56. The van der Waals surface area contributed by atoms with Gasteiger partial charge in [-0.15, -0.1) is 0 Å². The van der Waals surface area contributed by atoms with Crippen LogP contribution < -0.4 is 10.6 Å². The molecule has 1 aliphatic rings. The van der Waals surface area contributed by atoms with E-state index in [1.807, 2.05) is 6.07 Å². The van der Waals surface area contributed by atoms with Crippen LogP contribution in [0.2, 0.25) is 0 Å². The minimum Gasteiger partial charge on any atom is -0.327 e. The lowest BCUT2D eigenvalue weighted by atomic mass is 9.89. The molecule has 7 nitrogen and oxygen atoms in total. The topological polar surface area (TPSA) is 101 Å². The molecule has 2 amide bonds. The Bertz CT molecular complexity index is 873. The number of non-ortho nitro benzene ring substituents is 1. The highest BCUT2D eigenvalue weighted by molar-refractivity contribution is 6.11. The number of hydrogen-bond donors (Lipinski definition) is 2. The first-order valence-corrected chi connectivity index (χ1v) is 7.60. The molecule has 3 rings (SSSR count). The first-order chi connectivity index (χ1) is 12.0. The molecular weight excluding hydrogens is 322 g/mol. The lowest BCUT2D eigenvalue weighted by Gasteiger charge is -2.28. The molecule has 0 spiro atoms. The molecule has 0 aromatic heterocycles. The number of allylic oxidation sites excluding steroid dienone is 1. The molecule has 2 N–H and O–H groups in total. The molecule has 0 aliphatic carbocycles. The molecule has 2 aromatic carbocycles. The molecule has 0 unspecified atom stereocenters. The summed E-state index contributed by atoms with van der Waals surface area (Å²) in [5.41, 5.74) is 1.90. The average Bonchev–Trinajstić information content (AvgIpc) is 2.61. The van der Waals surface area contributed by atoms with Gasteiger partial charge in [-0.2, -0.15) is 0 Å². The quantitative estimate of drug-likeness (QED) is 0.508. The molecular formula is C18H15N3O4. The molecule has 1 aliphatic heterocycles. The van der Waals surface area contributed by atoms with Crippen LogP contribution in [0.25, 0.3) is 0 Å². The highest BCUT2D eigenvalue weighted by atomic mass is 16.6. The van der Waals surface area contributed by atoms with Gasteiger partial charge in [-0.25, -0.2) is 4.79 Å². The number of Topliss-reactive ketones (excluding diaryl/α,β-unsaturated/α-hetero) is 1. The second-order valence-corrected chi connectivity index (χ2v) is 5.61. The third-order valence-corrected chi connectivity index (χ3v) is 3.99. The largest absolute Gasteiger partial charge is 0.327 e. The minimum atomic E-state index is -0.678. The fourth-order valence-corrected chi connectivity index (χ4v) is 2.78. The Kier molecular flexibility index (Phi) is 4.30. The summed E-state index contributed by atoms with van der Waals surface area (Å²) in [6, 6.07) is 13.4. The van der Waals surface area contributed by atoms with Crippen LogP contribution >= 0.6 is 0 Å². The van der Waals surface area contributed by atoms with Gasteiger partial charge in [0, 0.05) is 29.0 Å². The number of nitrogens with one attached hydrogen (secondary N) is 2. The standard InChI is InChI=1S/C18H15N3O4/c1-11-15(17(22)13-5-3-2-4-6-13)16(20-18(23)19-11)12-7-9-14(10-8-12)21(24)25/h2-10,16H,1H3,(H2,19,20,23)/t16-/m1/s1. The van der Waals surface area contributed by atoms with Gasteiger partial charge in [-0.1, -0.05) is 30.3 Å². The SMILES string of the molecule is CC1=C(C(=O)c2ccccc2)[C@@H](c2ccc([N+](=O)[O-])cc2)NC(=O)N1. The minimum absolute atomic E-state index is 0.0550. The Balaban J connectivity index is 2.03. The highest BCUT2D eigenvalue weighted by Gasteiger charge is 2.31. The van der Waals surface area contributed by atoms with Crippen LogP contribution in [0.4, 0.5) is 10.5 Å². The Morgan fingerprint density at radius 3 is 2.32 bits per heavy atom. The molecule has 2 aromatic rings. The average molecular weight is 337 g/mol. The molecule has 0 bridgehead atoms. The molecule has 126 valence electrons. The van der Waals surface area contributed by atoms with Crippen molar-refractivity contribution in [2.75, 3.05) is 0 Å². The Morgan fingerprint density at radius 2 is 1.72 bits per heavy atom. The Morgan fingerprint density at radius 1 is 1.08 bits per heavy atom. The predicted molar refractivity (Wildman–Crippen MR) is 91.0 cm³/mol. The van der Waals surface area contributed by atoms with Crippen molar-refractivity contribution in [3.05, 3.63) is 87.1 Å². The monoisotopic (exact) mass is 337 g/mol. The van der Waals surface area contributed by atoms with E-state index >= 15 is 0 Å². The predicted octanol–water partition coefficient (Wildman–Crippen LogP) is 3.11. The molecule has 0 saturated heterocycles. The van der Waals surface area contributed by atoms with Crippen molar-refractivity contribution in [1.29, 1.82) is 0 Å². The molecule has 0 saturated carbocycles. The van der Waals surface area contributed by atoms with Gasteiger partial charge in [-0.05, 0) is 24.6 Å². The lowest BCUT2D eigenvalue weighted by Crippen LogP contribution is -2.45. The number of hydrogen-bond acceptors (Lipinski definition) is 4. The van der Waals surface area contributed by atoms with Gasteiger partial charge in [0.15, 0.2) is 5.78 Å². The van der Waals surface area contributed by atoms with Crippen molar-refractivity contribution >= 4 is 17.5 Å². The van der Waals surface area contributed by atoms with Crippen molar-refractivity contribution in [3.8, 4) is 0 Å². The second-order valence-electron chi connectivity index (χ2n) is 5.61. The van der Waals surface area contributed by atoms with Crippen LogP contribution in [0.1, 0.15) is 28.9 Å². The van der Waals surface area contributed by atoms with Crippen LogP contribution in [0.3, 0.4) is 0 Å². The van der Waals surface area contributed by atoms with E-state index < -0.39 is 17.0 Å². The summed E-state index contributed by atoms with van der Waals surface area (Å²) >= 11 is 0. The number of nitro groups is 1. The number of benzene rings is 2. The van der Waals surface area contributed by atoms with Gasteiger partial charge in [0.1, 0.15) is 0 Å². The van der Waals surface area contributed by atoms with E-state index in [-0.39, 0.29) is 11.5 Å². The van der Waals surface area contributed by atoms with Gasteiger partial charge >= 0.3 is 6.03 Å². The van der Waals surface area contributed by atoms with E-state index in [0.29, 0.717) is 22.4 Å². The van der Waals surface area contributed by atoms with Crippen molar-refractivity contribution in [2.45, 2.75) is 13.0 Å². The summed E-state index contributed by atoms with van der Waals surface area (Å²) in [7, 11) is 0.